The lowest BCUT2D eigenvalue weighted by molar-refractivity contribution is -0.136. The van der Waals surface area contributed by atoms with Gasteiger partial charge in [0.05, 0.1) is 17.5 Å². The van der Waals surface area contributed by atoms with Crippen LogP contribution in [0.25, 0.3) is 22.1 Å². The molecule has 2 N–H and O–H groups in total. The molecular weight excluding hydrogens is 324 g/mol. The molecular formula is C16H12N6O3. The third-order valence-electron chi connectivity index (χ3n) is 3.71. The molecule has 124 valence electrons. The van der Waals surface area contributed by atoms with Crippen molar-refractivity contribution in [2.45, 2.75) is 13.0 Å². The largest absolute Gasteiger partial charge is 0.481 e. The summed E-state index contributed by atoms with van der Waals surface area (Å²) < 4.78 is 1.16. The van der Waals surface area contributed by atoms with E-state index in [2.05, 4.69) is 25.0 Å². The number of hydrogen-bond donors (Lipinski definition) is 2. The minimum Gasteiger partial charge on any atom is -0.481 e. The molecule has 3 heterocycles. The fourth-order valence-electron chi connectivity index (χ4n) is 2.66. The van der Waals surface area contributed by atoms with Crippen LogP contribution in [-0.2, 0) is 17.8 Å². The lowest BCUT2D eigenvalue weighted by Gasteiger charge is -2.07. The van der Waals surface area contributed by atoms with E-state index in [4.69, 9.17) is 5.11 Å². The highest BCUT2D eigenvalue weighted by Gasteiger charge is 2.16. The highest BCUT2D eigenvalue weighted by Crippen LogP contribution is 2.12. The molecule has 0 fully saturated rings. The lowest BCUT2D eigenvalue weighted by Crippen LogP contribution is -2.27. The van der Waals surface area contributed by atoms with Crippen LogP contribution in [0.4, 0.5) is 0 Å². The van der Waals surface area contributed by atoms with Crippen molar-refractivity contribution in [1.29, 1.82) is 0 Å². The summed E-state index contributed by atoms with van der Waals surface area (Å²) in [5.74, 6) is -0.520. The van der Waals surface area contributed by atoms with Crippen molar-refractivity contribution < 1.29 is 9.90 Å². The fourth-order valence-corrected chi connectivity index (χ4v) is 2.66. The van der Waals surface area contributed by atoms with Crippen molar-refractivity contribution in [3.8, 4) is 0 Å². The summed E-state index contributed by atoms with van der Waals surface area (Å²) in [4.78, 5) is 39.3. The number of aromatic nitrogens is 6. The van der Waals surface area contributed by atoms with Gasteiger partial charge in [-0.05, 0) is 12.1 Å². The van der Waals surface area contributed by atoms with Crippen molar-refractivity contribution in [2.24, 2.45) is 0 Å². The monoisotopic (exact) mass is 336 g/mol. The average Bonchev–Trinajstić information content (AvgIpc) is 3.01. The van der Waals surface area contributed by atoms with Gasteiger partial charge in [-0.25, -0.2) is 14.6 Å². The number of carboxylic acids is 1. The zero-order chi connectivity index (χ0) is 17.4. The number of benzene rings is 1. The fraction of sp³-hybridized carbons (Fsp3) is 0.125. The Kier molecular flexibility index (Phi) is 3.46. The normalized spacial score (nSPS) is 11.2. The van der Waals surface area contributed by atoms with E-state index in [0.29, 0.717) is 5.82 Å². The predicted molar refractivity (Wildman–Crippen MR) is 88.1 cm³/mol. The van der Waals surface area contributed by atoms with Crippen molar-refractivity contribution in [2.75, 3.05) is 0 Å². The topological polar surface area (TPSA) is 127 Å². The number of fused-ring (bicyclic) bond motifs is 2. The third kappa shape index (κ3) is 2.71. The van der Waals surface area contributed by atoms with Gasteiger partial charge in [0.15, 0.2) is 5.52 Å². The molecule has 0 aliphatic heterocycles. The molecule has 0 unspecified atom stereocenters. The van der Waals surface area contributed by atoms with Crippen LogP contribution in [0.1, 0.15) is 11.5 Å². The number of nitrogens with zero attached hydrogens (tertiary/aromatic N) is 5. The lowest BCUT2D eigenvalue weighted by atomic mass is 10.2. The van der Waals surface area contributed by atoms with Crippen LogP contribution >= 0.6 is 0 Å². The van der Waals surface area contributed by atoms with Crippen LogP contribution in [0.2, 0.25) is 0 Å². The number of hydrogen-bond acceptors (Lipinski definition) is 6. The summed E-state index contributed by atoms with van der Waals surface area (Å²) in [6.45, 7) is 0.0760. The van der Waals surface area contributed by atoms with Gasteiger partial charge in [0.25, 0.3) is 5.56 Å². The van der Waals surface area contributed by atoms with Gasteiger partial charge in [0.1, 0.15) is 23.6 Å². The molecule has 0 bridgehead atoms. The number of aromatic amines is 1. The number of aliphatic carboxylic acids is 1. The molecule has 1 aromatic carbocycles. The molecule has 9 nitrogen and oxygen atoms in total. The quantitative estimate of drug-likeness (QED) is 0.562. The van der Waals surface area contributed by atoms with Crippen LogP contribution in [0.5, 0.6) is 0 Å². The van der Waals surface area contributed by atoms with Crippen LogP contribution in [0.3, 0.4) is 0 Å². The Bertz CT molecular complexity index is 1130. The van der Waals surface area contributed by atoms with E-state index in [1.807, 2.05) is 24.3 Å². The summed E-state index contributed by atoms with van der Waals surface area (Å²) in [5.41, 5.74) is 1.65. The van der Waals surface area contributed by atoms with Gasteiger partial charge in [-0.3, -0.25) is 14.6 Å². The van der Waals surface area contributed by atoms with Crippen LogP contribution in [-0.4, -0.2) is 40.8 Å². The standard InChI is InChI=1S/C16H12N6O3/c23-13(24)7-11-14-15(18-6-5-17-14)16(25)22(21-11)8-12-19-9-3-1-2-4-10(9)20-12/h1-6H,7-8H2,(H,19,20)(H,23,24). The Hall–Kier alpha value is -3.62. The van der Waals surface area contributed by atoms with Crippen molar-refractivity contribution in [1.82, 2.24) is 29.7 Å². The van der Waals surface area contributed by atoms with E-state index in [0.717, 1.165) is 15.7 Å². The second-order valence-corrected chi connectivity index (χ2v) is 5.43. The zero-order valence-corrected chi connectivity index (χ0v) is 12.9. The van der Waals surface area contributed by atoms with Gasteiger partial charge in [-0.1, -0.05) is 12.1 Å². The molecule has 0 aliphatic carbocycles. The first-order valence-electron chi connectivity index (χ1n) is 7.48. The Morgan fingerprint density at radius 2 is 1.92 bits per heavy atom. The highest BCUT2D eigenvalue weighted by molar-refractivity contribution is 5.80. The molecule has 0 aliphatic rings. The predicted octanol–water partition coefficient (Wildman–Crippen LogP) is 0.738. The Morgan fingerprint density at radius 3 is 2.68 bits per heavy atom. The molecule has 4 aromatic rings. The van der Waals surface area contributed by atoms with Crippen molar-refractivity contribution >= 4 is 28.0 Å². The van der Waals surface area contributed by atoms with Crippen LogP contribution < -0.4 is 5.56 Å². The first-order chi connectivity index (χ1) is 12.1. The molecule has 0 radical (unpaired) electrons. The zero-order valence-electron chi connectivity index (χ0n) is 12.9. The van der Waals surface area contributed by atoms with Crippen LogP contribution in [0.15, 0.2) is 41.5 Å². The van der Waals surface area contributed by atoms with E-state index in [9.17, 15) is 9.59 Å². The summed E-state index contributed by atoms with van der Waals surface area (Å²) in [5, 5.41) is 13.2. The summed E-state index contributed by atoms with van der Waals surface area (Å²) in [7, 11) is 0. The van der Waals surface area contributed by atoms with Gasteiger partial charge >= 0.3 is 5.97 Å². The van der Waals surface area contributed by atoms with E-state index in [-0.39, 0.29) is 29.7 Å². The molecule has 3 aromatic heterocycles. The highest BCUT2D eigenvalue weighted by atomic mass is 16.4. The molecule has 0 atom stereocenters. The van der Waals surface area contributed by atoms with Gasteiger partial charge in [0, 0.05) is 12.4 Å². The molecule has 0 saturated carbocycles. The van der Waals surface area contributed by atoms with Gasteiger partial charge in [-0.2, -0.15) is 5.10 Å². The molecule has 25 heavy (non-hydrogen) atoms. The molecule has 4 rings (SSSR count). The summed E-state index contributed by atoms with van der Waals surface area (Å²) in [6, 6.07) is 7.48. The van der Waals surface area contributed by atoms with Gasteiger partial charge in [0.2, 0.25) is 0 Å². The minimum absolute atomic E-state index is 0.0760. The van der Waals surface area contributed by atoms with Crippen molar-refractivity contribution in [3.63, 3.8) is 0 Å². The number of nitrogens with one attached hydrogen (secondary N) is 1. The number of H-pyrrole nitrogens is 1. The second-order valence-electron chi connectivity index (χ2n) is 5.43. The Labute approximate surface area is 140 Å². The first kappa shape index (κ1) is 14.9. The van der Waals surface area contributed by atoms with E-state index in [1.165, 1.54) is 12.4 Å². The van der Waals surface area contributed by atoms with E-state index >= 15 is 0 Å². The Morgan fingerprint density at radius 1 is 1.16 bits per heavy atom. The van der Waals surface area contributed by atoms with Gasteiger partial charge in [-0.15, -0.1) is 0 Å². The molecule has 0 spiro atoms. The maximum absolute atomic E-state index is 12.6. The summed E-state index contributed by atoms with van der Waals surface area (Å²) >= 11 is 0. The smallest absolute Gasteiger partial charge is 0.309 e. The SMILES string of the molecule is O=C(O)Cc1nn(Cc2nc3ccccc3[nH]2)c(=O)c2nccnc12. The van der Waals surface area contributed by atoms with E-state index < -0.39 is 11.5 Å². The number of carbonyl (C=O) groups is 1. The molecule has 9 heteroatoms. The summed E-state index contributed by atoms with van der Waals surface area (Å²) in [6.07, 6.45) is 2.44. The molecule has 0 amide bonds. The van der Waals surface area contributed by atoms with Crippen molar-refractivity contribution in [3.05, 3.63) is 58.5 Å². The first-order valence-corrected chi connectivity index (χ1v) is 7.48. The van der Waals surface area contributed by atoms with E-state index in [1.54, 1.807) is 0 Å². The number of carboxylic acid groups (broad SMARTS) is 1. The maximum atomic E-state index is 12.6. The third-order valence-corrected chi connectivity index (χ3v) is 3.71. The molecule has 0 saturated heterocycles. The maximum Gasteiger partial charge on any atom is 0.309 e. The number of para-hydroxylation sites is 2. The number of imidazole rings is 1. The minimum atomic E-state index is -1.06. The van der Waals surface area contributed by atoms with Gasteiger partial charge < -0.3 is 10.1 Å². The average molecular weight is 336 g/mol. The number of rotatable bonds is 4. The Balaban J connectivity index is 1.84. The second kappa shape index (κ2) is 5.78. The van der Waals surface area contributed by atoms with Crippen LogP contribution in [0, 0.1) is 0 Å².